The number of esters is 1. The number of allylic oxidation sites excluding steroid dienone is 1. The Morgan fingerprint density at radius 3 is 2.00 bits per heavy atom. The molecule has 0 unspecified atom stereocenters. The predicted molar refractivity (Wildman–Crippen MR) is 205 cm³/mol. The molecular weight excluding hydrogens is 585 g/mol. The van der Waals surface area contributed by atoms with Gasteiger partial charge in [0.1, 0.15) is 6.10 Å². The summed E-state index contributed by atoms with van der Waals surface area (Å²) in [5.74, 6) is 4.66. The monoisotopic (exact) mass is 665 g/mol. The second-order valence-corrected chi connectivity index (χ2v) is 19.4. The van der Waals surface area contributed by atoms with Crippen molar-refractivity contribution in [1.82, 2.24) is 0 Å². The first kappa shape index (κ1) is 38.4. The lowest BCUT2D eigenvalue weighted by Crippen LogP contribution is -2.56. The van der Waals surface area contributed by atoms with Gasteiger partial charge in [0.15, 0.2) is 0 Å². The molecule has 0 saturated heterocycles. The van der Waals surface area contributed by atoms with E-state index in [0.717, 1.165) is 36.5 Å². The molecule has 0 aromatic heterocycles. The Hall–Kier alpha value is -0.790. The molecule has 2 nitrogen and oxygen atoms in total. The van der Waals surface area contributed by atoms with Crippen LogP contribution in [-0.2, 0) is 9.53 Å². The summed E-state index contributed by atoms with van der Waals surface area (Å²) in [4.78, 5) is 13.0. The summed E-state index contributed by atoms with van der Waals surface area (Å²) in [6, 6.07) is 0. The van der Waals surface area contributed by atoms with Crippen molar-refractivity contribution < 1.29 is 9.53 Å². The van der Waals surface area contributed by atoms with Crippen molar-refractivity contribution in [2.75, 3.05) is 0 Å². The van der Waals surface area contributed by atoms with Crippen LogP contribution in [0.1, 0.15) is 209 Å². The molecule has 5 saturated carbocycles. The van der Waals surface area contributed by atoms with Crippen molar-refractivity contribution >= 4 is 5.97 Å². The van der Waals surface area contributed by atoms with Crippen molar-refractivity contribution in [2.45, 2.75) is 215 Å². The third-order valence-corrected chi connectivity index (χ3v) is 17.0. The minimum Gasteiger partial charge on any atom is -0.462 e. The fraction of sp³-hybridized carbons (Fsp3) is 0.935. The van der Waals surface area contributed by atoms with Gasteiger partial charge in [0.05, 0.1) is 0 Å². The van der Waals surface area contributed by atoms with E-state index in [1.165, 1.54) is 147 Å². The maximum Gasteiger partial charge on any atom is 0.306 e. The lowest BCUT2D eigenvalue weighted by molar-refractivity contribution is -0.167. The first-order valence-corrected chi connectivity index (χ1v) is 21.8. The van der Waals surface area contributed by atoms with Gasteiger partial charge in [-0.15, -0.1) is 0 Å². The van der Waals surface area contributed by atoms with Gasteiger partial charge in [0.2, 0.25) is 0 Å². The number of fused-ring (bicyclic) bond motifs is 2. The maximum absolute atomic E-state index is 13.0. The molecule has 5 rings (SSSR count). The Labute approximate surface area is 299 Å². The molecule has 0 heterocycles. The minimum absolute atomic E-state index is 0.0924. The smallest absolute Gasteiger partial charge is 0.306 e. The second kappa shape index (κ2) is 16.3. The minimum atomic E-state index is 0.0924. The van der Waals surface area contributed by atoms with Crippen LogP contribution < -0.4 is 0 Å². The summed E-state index contributed by atoms with van der Waals surface area (Å²) in [6.45, 7) is 21.7. The highest BCUT2D eigenvalue weighted by Crippen LogP contribution is 2.88. The van der Waals surface area contributed by atoms with Crippen molar-refractivity contribution in [3.05, 3.63) is 12.2 Å². The highest BCUT2D eigenvalue weighted by Gasteiger charge is 2.81. The van der Waals surface area contributed by atoms with Crippen molar-refractivity contribution in [3.63, 3.8) is 0 Å². The van der Waals surface area contributed by atoms with E-state index in [9.17, 15) is 4.79 Å². The molecule has 11 atom stereocenters. The fourth-order valence-electron chi connectivity index (χ4n) is 13.6. The third-order valence-electron chi connectivity index (χ3n) is 17.0. The van der Waals surface area contributed by atoms with Crippen LogP contribution in [0.2, 0.25) is 0 Å². The predicted octanol–water partition coefficient (Wildman–Crippen LogP) is 14.1. The van der Waals surface area contributed by atoms with E-state index >= 15 is 0 Å². The van der Waals surface area contributed by atoms with Crippen LogP contribution in [-0.4, -0.2) is 12.1 Å². The Kier molecular flexibility index (Phi) is 13.0. The summed E-state index contributed by atoms with van der Waals surface area (Å²) in [7, 11) is 0. The Morgan fingerprint density at radius 1 is 0.750 bits per heavy atom. The topological polar surface area (TPSA) is 26.3 Å². The third kappa shape index (κ3) is 7.41. The van der Waals surface area contributed by atoms with Crippen LogP contribution in [0.4, 0.5) is 0 Å². The Bertz CT molecular complexity index is 1060. The summed E-state index contributed by atoms with van der Waals surface area (Å²) in [5, 5.41) is 0. The van der Waals surface area contributed by atoms with Gasteiger partial charge in [0.25, 0.3) is 0 Å². The van der Waals surface area contributed by atoms with E-state index in [1.54, 1.807) is 0 Å². The second-order valence-electron chi connectivity index (χ2n) is 19.4. The zero-order valence-electron chi connectivity index (χ0n) is 33.2. The number of ether oxygens (including phenoxy) is 1. The van der Waals surface area contributed by atoms with Crippen molar-refractivity contribution in [3.8, 4) is 0 Å². The largest absolute Gasteiger partial charge is 0.462 e. The highest BCUT2D eigenvalue weighted by atomic mass is 16.5. The van der Waals surface area contributed by atoms with E-state index in [1.807, 2.05) is 0 Å². The lowest BCUT2D eigenvalue weighted by atomic mass is 9.43. The quantitative estimate of drug-likeness (QED) is 0.0735. The molecule has 0 bridgehead atoms. The number of carbonyl (C=O) groups excluding carboxylic acids is 1. The summed E-state index contributed by atoms with van der Waals surface area (Å²) in [5.41, 5.74) is 3.50. The zero-order chi connectivity index (χ0) is 34.6. The average Bonchev–Trinajstić information content (AvgIpc) is 3.64. The van der Waals surface area contributed by atoms with Crippen LogP contribution in [0, 0.1) is 57.2 Å². The molecule has 5 aliphatic rings. The summed E-state index contributed by atoms with van der Waals surface area (Å²) < 4.78 is 6.31. The molecule has 0 radical (unpaired) electrons. The van der Waals surface area contributed by atoms with Gasteiger partial charge in [-0.25, -0.2) is 0 Å². The molecule has 48 heavy (non-hydrogen) atoms. The molecule has 5 fully saturated rings. The van der Waals surface area contributed by atoms with E-state index in [4.69, 9.17) is 4.74 Å². The van der Waals surface area contributed by atoms with Gasteiger partial charge >= 0.3 is 5.97 Å². The Balaban J connectivity index is 1.04. The van der Waals surface area contributed by atoms with Gasteiger partial charge in [0, 0.05) is 6.42 Å². The van der Waals surface area contributed by atoms with Gasteiger partial charge in [-0.1, -0.05) is 131 Å². The van der Waals surface area contributed by atoms with Crippen LogP contribution in [0.3, 0.4) is 0 Å². The first-order valence-electron chi connectivity index (χ1n) is 21.8. The van der Waals surface area contributed by atoms with Gasteiger partial charge < -0.3 is 4.74 Å². The van der Waals surface area contributed by atoms with Gasteiger partial charge in [-0.2, -0.15) is 0 Å². The maximum atomic E-state index is 13.0. The normalized spacial score (nSPS) is 39.4. The van der Waals surface area contributed by atoms with Crippen LogP contribution in [0.15, 0.2) is 12.2 Å². The van der Waals surface area contributed by atoms with Gasteiger partial charge in [-0.3, -0.25) is 4.79 Å². The number of unbranched alkanes of at least 4 members (excludes halogenated alkanes) is 12. The molecule has 2 spiro atoms. The number of hydrogen-bond acceptors (Lipinski definition) is 2. The highest BCUT2D eigenvalue weighted by molar-refractivity contribution is 5.69. The standard InChI is InChI=1S/C46H80O2/c1-9-10-11-12-13-14-15-16-17-18-19-20-21-22-42(47)48-40-28-30-45-33-46(45)32-31-43(7)38(36(5)24-23-35(4)34(2)3)27-29-44(43,8)41(46)26-25-39(45)37(40)6/h35-41H,2,9-33H2,1,3-8H3/t35-,36+,37-,38+,39-,40-,41-,43+,44-,45+,46-/m0/s1. The molecule has 0 aliphatic heterocycles. The molecular formula is C46H80O2. The molecule has 0 N–H and O–H groups in total. The zero-order valence-corrected chi connectivity index (χ0v) is 33.2. The molecule has 0 aromatic rings. The van der Waals surface area contributed by atoms with Crippen LogP contribution in [0.5, 0.6) is 0 Å². The summed E-state index contributed by atoms with van der Waals surface area (Å²) in [6.07, 6.45) is 33.5. The van der Waals surface area contributed by atoms with Crippen molar-refractivity contribution in [1.29, 1.82) is 0 Å². The molecule has 276 valence electrons. The summed E-state index contributed by atoms with van der Waals surface area (Å²) >= 11 is 0. The first-order chi connectivity index (χ1) is 23.0. The van der Waals surface area contributed by atoms with E-state index in [2.05, 4.69) is 55.0 Å². The van der Waals surface area contributed by atoms with Crippen molar-refractivity contribution in [2.24, 2.45) is 57.2 Å². The average molecular weight is 665 g/mol. The molecule has 0 aromatic carbocycles. The van der Waals surface area contributed by atoms with E-state index < -0.39 is 0 Å². The molecule has 5 aliphatic carbocycles. The van der Waals surface area contributed by atoms with Crippen LogP contribution in [0.25, 0.3) is 0 Å². The Morgan fingerprint density at radius 2 is 1.38 bits per heavy atom. The number of hydrogen-bond donors (Lipinski definition) is 0. The van der Waals surface area contributed by atoms with E-state index in [0.29, 0.717) is 39.9 Å². The lowest BCUT2D eigenvalue weighted by Gasteiger charge is -2.62. The molecule has 2 heteroatoms. The van der Waals surface area contributed by atoms with Gasteiger partial charge in [-0.05, 0) is 141 Å². The fourth-order valence-corrected chi connectivity index (χ4v) is 13.6. The SMILES string of the molecule is C=C(C)[C@@H](C)CC[C@@H](C)[C@H]1CC[C@@]2(C)[C@@H]3CC[C@H]4[C@H](C)[C@@H](OC(=O)CCCCCCCCCCCCCCC)CC[C@@]45C[C@@]35CC[C@]12C. The number of carbonyl (C=O) groups is 1. The number of rotatable bonds is 20. The molecule has 0 amide bonds. The van der Waals surface area contributed by atoms with Crippen LogP contribution >= 0.6 is 0 Å². The van der Waals surface area contributed by atoms with E-state index in [-0.39, 0.29) is 12.1 Å².